The van der Waals surface area contributed by atoms with Crippen LogP contribution in [-0.2, 0) is 24.1 Å². The molecular weight excluding hydrogens is 228 g/mol. The van der Waals surface area contributed by atoms with Gasteiger partial charge in [-0.2, -0.15) is 8.42 Å². The van der Waals surface area contributed by atoms with Crippen molar-refractivity contribution in [2.45, 2.75) is 6.10 Å². The molecule has 0 radical (unpaired) electrons. The maximum atomic E-state index is 11.1. The molecule has 1 atom stereocenters. The van der Waals surface area contributed by atoms with Crippen molar-refractivity contribution in [2.75, 3.05) is 11.5 Å². The molecule has 0 spiro atoms. The molecule has 5 nitrogen and oxygen atoms in total. The summed E-state index contributed by atoms with van der Waals surface area (Å²) in [5.74, 6) is -0.638. The van der Waals surface area contributed by atoms with E-state index in [4.69, 9.17) is 0 Å². The van der Waals surface area contributed by atoms with Gasteiger partial charge in [0, 0.05) is 5.41 Å². The Morgan fingerprint density at radius 2 is 2.21 bits per heavy atom. The summed E-state index contributed by atoms with van der Waals surface area (Å²) in [6, 6.07) is 0. The van der Waals surface area contributed by atoms with Crippen LogP contribution < -0.4 is 0 Å². The zero-order valence-electron chi connectivity index (χ0n) is 7.29. The third kappa shape index (κ3) is 3.24. The van der Waals surface area contributed by atoms with E-state index in [-0.39, 0.29) is 11.5 Å². The van der Waals surface area contributed by atoms with Crippen molar-refractivity contribution in [3.8, 4) is 0 Å². The summed E-state index contributed by atoms with van der Waals surface area (Å²) in [6.45, 7) is 3.25. The minimum atomic E-state index is -3.70. The van der Waals surface area contributed by atoms with Crippen LogP contribution in [0.4, 0.5) is 0 Å². The van der Waals surface area contributed by atoms with Gasteiger partial charge in [-0.15, -0.1) is 6.58 Å². The van der Waals surface area contributed by atoms with Gasteiger partial charge in [-0.3, -0.25) is 4.18 Å². The maximum absolute atomic E-state index is 11.1. The van der Waals surface area contributed by atoms with E-state index in [2.05, 4.69) is 10.8 Å². The molecule has 0 saturated heterocycles. The van der Waals surface area contributed by atoms with Crippen molar-refractivity contribution in [1.82, 2.24) is 0 Å². The van der Waals surface area contributed by atoms with E-state index in [1.54, 1.807) is 0 Å². The van der Waals surface area contributed by atoms with Gasteiger partial charge in [-0.05, 0) is 6.08 Å². The van der Waals surface area contributed by atoms with E-state index < -0.39 is 26.1 Å². The molecular formula is C7H10O5S2. The molecule has 0 fully saturated rings. The Labute approximate surface area is 83.1 Å². The van der Waals surface area contributed by atoms with Crippen LogP contribution >= 0.6 is 0 Å². The molecule has 0 aliphatic carbocycles. The Bertz CT molecular complexity index is 442. The highest BCUT2D eigenvalue weighted by atomic mass is 32.2. The monoisotopic (exact) mass is 238 g/mol. The average molecular weight is 238 g/mol. The van der Waals surface area contributed by atoms with Gasteiger partial charge in [0.1, 0.15) is 6.10 Å². The SMILES string of the molecule is C=CCS(=O)(=O)OC1C=CS(=O)(=O)C1. The summed E-state index contributed by atoms with van der Waals surface area (Å²) in [5.41, 5.74) is 0. The van der Waals surface area contributed by atoms with E-state index in [9.17, 15) is 16.8 Å². The summed E-state index contributed by atoms with van der Waals surface area (Å²) >= 11 is 0. The van der Waals surface area contributed by atoms with E-state index >= 15 is 0 Å². The first kappa shape index (κ1) is 11.4. The Kier molecular flexibility index (Phi) is 3.13. The summed E-state index contributed by atoms with van der Waals surface area (Å²) in [7, 11) is -6.98. The van der Waals surface area contributed by atoms with Crippen molar-refractivity contribution < 1.29 is 21.0 Å². The smallest absolute Gasteiger partial charge is 0.261 e. The largest absolute Gasteiger partial charge is 0.271 e. The Morgan fingerprint density at radius 1 is 1.57 bits per heavy atom. The summed E-state index contributed by atoms with van der Waals surface area (Å²) < 4.78 is 48.6. The minimum Gasteiger partial charge on any atom is -0.261 e. The third-order valence-electron chi connectivity index (χ3n) is 1.49. The lowest BCUT2D eigenvalue weighted by Gasteiger charge is -2.07. The summed E-state index contributed by atoms with van der Waals surface area (Å²) in [6.07, 6.45) is 1.50. The maximum Gasteiger partial charge on any atom is 0.271 e. The average Bonchev–Trinajstić information content (AvgIpc) is 2.28. The quantitative estimate of drug-likeness (QED) is 0.502. The van der Waals surface area contributed by atoms with Gasteiger partial charge in [0.15, 0.2) is 9.84 Å². The molecule has 0 aromatic carbocycles. The van der Waals surface area contributed by atoms with Crippen molar-refractivity contribution >= 4 is 20.0 Å². The van der Waals surface area contributed by atoms with E-state index in [0.717, 1.165) is 5.41 Å². The van der Waals surface area contributed by atoms with Gasteiger partial charge in [0.2, 0.25) is 0 Å². The second kappa shape index (κ2) is 3.84. The first-order valence-corrected chi connectivity index (χ1v) is 7.07. The molecule has 1 unspecified atom stereocenters. The van der Waals surface area contributed by atoms with Crippen LogP contribution in [0.5, 0.6) is 0 Å². The third-order valence-corrected chi connectivity index (χ3v) is 4.04. The molecule has 0 aromatic rings. The highest BCUT2D eigenvalue weighted by Gasteiger charge is 2.26. The van der Waals surface area contributed by atoms with Crippen molar-refractivity contribution in [1.29, 1.82) is 0 Å². The van der Waals surface area contributed by atoms with Crippen molar-refractivity contribution in [3.63, 3.8) is 0 Å². The van der Waals surface area contributed by atoms with Crippen LogP contribution in [0.3, 0.4) is 0 Å². The number of hydrogen-bond acceptors (Lipinski definition) is 5. The van der Waals surface area contributed by atoms with Gasteiger partial charge in [-0.1, -0.05) is 6.08 Å². The Balaban J connectivity index is 2.66. The predicted octanol–water partition coefficient (Wildman–Crippen LogP) is -0.170. The topological polar surface area (TPSA) is 77.5 Å². The zero-order chi connectivity index (χ0) is 10.8. The molecule has 0 bridgehead atoms. The van der Waals surface area contributed by atoms with Crippen LogP contribution in [0, 0.1) is 0 Å². The lowest BCUT2D eigenvalue weighted by Crippen LogP contribution is -2.21. The van der Waals surface area contributed by atoms with E-state index in [1.165, 1.54) is 12.2 Å². The zero-order valence-corrected chi connectivity index (χ0v) is 8.92. The van der Waals surface area contributed by atoms with Gasteiger partial charge < -0.3 is 0 Å². The minimum absolute atomic E-state index is 0.316. The first-order chi connectivity index (χ1) is 6.35. The molecule has 0 saturated carbocycles. The van der Waals surface area contributed by atoms with Crippen molar-refractivity contribution in [2.24, 2.45) is 0 Å². The Morgan fingerprint density at radius 3 is 2.64 bits per heavy atom. The molecule has 0 aromatic heterocycles. The van der Waals surface area contributed by atoms with Crippen LogP contribution in [-0.4, -0.2) is 34.4 Å². The van der Waals surface area contributed by atoms with Crippen LogP contribution in [0.15, 0.2) is 24.1 Å². The van der Waals surface area contributed by atoms with Crippen LogP contribution in [0.2, 0.25) is 0 Å². The fourth-order valence-corrected chi connectivity index (χ4v) is 3.10. The lowest BCUT2D eigenvalue weighted by atomic mass is 10.4. The number of sulfone groups is 1. The van der Waals surface area contributed by atoms with Gasteiger partial charge >= 0.3 is 0 Å². The highest BCUT2D eigenvalue weighted by Crippen LogP contribution is 2.13. The molecule has 0 amide bonds. The van der Waals surface area contributed by atoms with Gasteiger partial charge in [0.05, 0.1) is 11.5 Å². The summed E-state index contributed by atoms with van der Waals surface area (Å²) in [5, 5.41) is 0.959. The van der Waals surface area contributed by atoms with Gasteiger partial charge in [0.25, 0.3) is 10.1 Å². The molecule has 1 aliphatic rings. The Hall–Kier alpha value is -0.660. The van der Waals surface area contributed by atoms with E-state index in [0.29, 0.717) is 0 Å². The fourth-order valence-electron chi connectivity index (χ4n) is 0.979. The van der Waals surface area contributed by atoms with Crippen LogP contribution in [0.1, 0.15) is 0 Å². The highest BCUT2D eigenvalue weighted by molar-refractivity contribution is 7.94. The normalized spacial score (nSPS) is 25.0. The standard InChI is InChI=1S/C7H10O5S2/c1-2-4-14(10,11)12-7-3-5-13(8,9)6-7/h2-3,5,7H,1,4,6H2. The van der Waals surface area contributed by atoms with Gasteiger partial charge in [-0.25, -0.2) is 8.42 Å². The molecule has 1 rings (SSSR count). The number of hydrogen-bond donors (Lipinski definition) is 0. The number of rotatable bonds is 4. The molecule has 0 N–H and O–H groups in total. The second-order valence-corrected chi connectivity index (χ2v) is 6.38. The molecule has 7 heteroatoms. The van der Waals surface area contributed by atoms with Crippen molar-refractivity contribution in [3.05, 3.63) is 24.1 Å². The molecule has 1 aliphatic heterocycles. The lowest BCUT2D eigenvalue weighted by molar-refractivity contribution is 0.281. The summed E-state index contributed by atoms with van der Waals surface area (Å²) in [4.78, 5) is 0. The van der Waals surface area contributed by atoms with Crippen LogP contribution in [0.25, 0.3) is 0 Å². The van der Waals surface area contributed by atoms with E-state index in [1.807, 2.05) is 0 Å². The molecule has 14 heavy (non-hydrogen) atoms. The molecule has 1 heterocycles. The predicted molar refractivity (Wildman–Crippen MR) is 51.8 cm³/mol. The second-order valence-electron chi connectivity index (χ2n) is 2.81. The molecule has 80 valence electrons. The first-order valence-electron chi connectivity index (χ1n) is 3.77. The fraction of sp³-hybridized carbons (Fsp3) is 0.429.